The van der Waals surface area contributed by atoms with Crippen LogP contribution in [0.4, 0.5) is 0 Å². The Morgan fingerprint density at radius 1 is 0.309 bits per heavy atom. The van der Waals surface area contributed by atoms with Gasteiger partial charge in [0.1, 0.15) is 13.2 Å². The molecule has 6 heteroatoms. The van der Waals surface area contributed by atoms with E-state index in [1.165, 1.54) is 96.3 Å². The summed E-state index contributed by atoms with van der Waals surface area (Å²) < 4.78 is 16.8. The van der Waals surface area contributed by atoms with Crippen LogP contribution in [0, 0.1) is 0 Å². The highest BCUT2D eigenvalue weighted by Gasteiger charge is 2.19. The molecule has 0 aromatic rings. The topological polar surface area (TPSA) is 78.9 Å². The van der Waals surface area contributed by atoms with Gasteiger partial charge in [-0.15, -0.1) is 0 Å². The molecule has 68 heavy (non-hydrogen) atoms. The van der Waals surface area contributed by atoms with Gasteiger partial charge in [-0.25, -0.2) is 0 Å². The third-order valence-corrected chi connectivity index (χ3v) is 11.8. The summed E-state index contributed by atoms with van der Waals surface area (Å²) in [5, 5.41) is 0. The molecule has 0 rings (SSSR count). The highest BCUT2D eigenvalue weighted by molar-refractivity contribution is 5.71. The van der Waals surface area contributed by atoms with Crippen molar-refractivity contribution in [2.24, 2.45) is 0 Å². The fourth-order valence-electron chi connectivity index (χ4n) is 7.59. The van der Waals surface area contributed by atoms with Gasteiger partial charge >= 0.3 is 17.9 Å². The average molecular weight is 946 g/mol. The van der Waals surface area contributed by atoms with Crippen LogP contribution in [0.25, 0.3) is 0 Å². The predicted octanol–water partition coefficient (Wildman–Crippen LogP) is 18.9. The number of carbonyl (C=O) groups excluding carboxylic acids is 3. The van der Waals surface area contributed by atoms with Crippen LogP contribution in [0.2, 0.25) is 0 Å². The third-order valence-electron chi connectivity index (χ3n) is 11.8. The number of unbranched alkanes of at least 4 members (excludes halogenated alkanes) is 23. The highest BCUT2D eigenvalue weighted by Crippen LogP contribution is 2.14. The van der Waals surface area contributed by atoms with Crippen molar-refractivity contribution in [1.82, 2.24) is 0 Å². The second-order valence-corrected chi connectivity index (χ2v) is 18.5. The molecule has 0 saturated carbocycles. The zero-order valence-electron chi connectivity index (χ0n) is 44.3. The van der Waals surface area contributed by atoms with E-state index in [1.54, 1.807) is 0 Å². The van der Waals surface area contributed by atoms with Crippen LogP contribution in [0.1, 0.15) is 258 Å². The van der Waals surface area contributed by atoms with Gasteiger partial charge in [-0.05, 0) is 103 Å². The average Bonchev–Trinajstić information content (AvgIpc) is 3.34. The standard InChI is InChI=1S/C62H104O6/c1-4-7-10-13-16-19-21-23-25-27-28-29-30-31-32-33-34-36-37-39-41-43-46-49-52-55-61(64)67-58-59(57-66-60(63)54-51-48-45-18-15-12-9-6-3)68-62(65)56-53-50-47-44-42-40-38-35-26-24-22-20-17-14-11-8-5-2/h7,10,16-17,19-20,23-26,28-29,31-32,34,36,59H,4-6,8-9,11-15,18,21-22,27,30,33,35,37-58H2,1-3H3/b10-7-,19-16-,20-17-,25-23-,26-24-,29-28-,32-31-,36-34-. The molecule has 1 unspecified atom stereocenters. The number of rotatable bonds is 50. The Kier molecular flexibility index (Phi) is 52.9. The Hall–Kier alpha value is -3.67. The Balaban J connectivity index is 4.29. The van der Waals surface area contributed by atoms with E-state index in [2.05, 4.69) is 118 Å². The first-order chi connectivity index (χ1) is 33.5. The lowest BCUT2D eigenvalue weighted by Gasteiger charge is -2.18. The van der Waals surface area contributed by atoms with Crippen LogP contribution >= 0.6 is 0 Å². The largest absolute Gasteiger partial charge is 0.462 e. The molecule has 1 atom stereocenters. The van der Waals surface area contributed by atoms with Crippen molar-refractivity contribution in [3.63, 3.8) is 0 Å². The van der Waals surface area contributed by atoms with Gasteiger partial charge in [0.05, 0.1) is 0 Å². The fourth-order valence-corrected chi connectivity index (χ4v) is 7.59. The normalized spacial score (nSPS) is 12.8. The number of hydrogen-bond donors (Lipinski definition) is 0. The molecule has 0 saturated heterocycles. The number of allylic oxidation sites excluding steroid dienone is 16. The SMILES string of the molecule is CC/C=C\C/C=C\C/C=C\C/C=C\C/C=C\C/C=C\CCCCCCCCC(=O)OCC(COC(=O)CCCCCCCCCC)OC(=O)CCCCCCCCC/C=C\C/C=C\CCCCC. The van der Waals surface area contributed by atoms with Crippen LogP contribution in [0.5, 0.6) is 0 Å². The van der Waals surface area contributed by atoms with Gasteiger partial charge < -0.3 is 14.2 Å². The first-order valence-corrected chi connectivity index (χ1v) is 28.2. The molecule has 0 N–H and O–H groups in total. The first-order valence-electron chi connectivity index (χ1n) is 28.2. The van der Waals surface area contributed by atoms with Gasteiger partial charge in [-0.1, -0.05) is 234 Å². The van der Waals surface area contributed by atoms with Gasteiger partial charge in [0.25, 0.3) is 0 Å². The van der Waals surface area contributed by atoms with Crippen molar-refractivity contribution in [3.8, 4) is 0 Å². The minimum Gasteiger partial charge on any atom is -0.462 e. The smallest absolute Gasteiger partial charge is 0.306 e. The summed E-state index contributed by atoms with van der Waals surface area (Å²) in [6.45, 7) is 6.45. The molecular formula is C62H104O6. The fraction of sp³-hybridized carbons (Fsp3) is 0.694. The van der Waals surface area contributed by atoms with Crippen LogP contribution in [0.15, 0.2) is 97.2 Å². The molecule has 0 aliphatic heterocycles. The molecular weight excluding hydrogens is 841 g/mol. The molecule has 0 aliphatic rings. The van der Waals surface area contributed by atoms with Gasteiger partial charge in [-0.3, -0.25) is 14.4 Å². The first kappa shape index (κ1) is 64.3. The molecule has 388 valence electrons. The highest BCUT2D eigenvalue weighted by atomic mass is 16.6. The maximum atomic E-state index is 12.8. The maximum Gasteiger partial charge on any atom is 0.306 e. The van der Waals surface area contributed by atoms with Crippen LogP contribution in [0.3, 0.4) is 0 Å². The zero-order chi connectivity index (χ0) is 49.3. The van der Waals surface area contributed by atoms with Crippen molar-refractivity contribution in [1.29, 1.82) is 0 Å². The number of hydrogen-bond acceptors (Lipinski definition) is 6. The van der Waals surface area contributed by atoms with Gasteiger partial charge in [0, 0.05) is 19.3 Å². The number of ether oxygens (including phenoxy) is 3. The predicted molar refractivity (Wildman–Crippen MR) is 293 cm³/mol. The van der Waals surface area contributed by atoms with Crippen molar-refractivity contribution >= 4 is 17.9 Å². The number of carbonyl (C=O) groups is 3. The number of esters is 3. The molecule has 0 aromatic carbocycles. The molecule has 0 aromatic heterocycles. The molecule has 0 amide bonds. The summed E-state index contributed by atoms with van der Waals surface area (Å²) >= 11 is 0. The zero-order valence-corrected chi connectivity index (χ0v) is 44.3. The summed E-state index contributed by atoms with van der Waals surface area (Å²) in [6.07, 6.45) is 74.0. The molecule has 0 radical (unpaired) electrons. The van der Waals surface area contributed by atoms with Crippen molar-refractivity contribution in [3.05, 3.63) is 97.2 Å². The van der Waals surface area contributed by atoms with Gasteiger partial charge in [0.2, 0.25) is 0 Å². The minimum atomic E-state index is -0.786. The summed E-state index contributed by atoms with van der Waals surface area (Å²) in [7, 11) is 0. The lowest BCUT2D eigenvalue weighted by atomic mass is 10.1. The van der Waals surface area contributed by atoms with Gasteiger partial charge in [-0.2, -0.15) is 0 Å². The minimum absolute atomic E-state index is 0.0849. The Bertz CT molecular complexity index is 1360. The molecule has 0 spiro atoms. The monoisotopic (exact) mass is 945 g/mol. The quantitative estimate of drug-likeness (QED) is 0.0262. The lowest BCUT2D eigenvalue weighted by molar-refractivity contribution is -0.167. The second-order valence-electron chi connectivity index (χ2n) is 18.5. The summed E-state index contributed by atoms with van der Waals surface area (Å²) in [5.74, 6) is -0.911. The van der Waals surface area contributed by atoms with E-state index in [-0.39, 0.29) is 31.1 Å². The molecule has 0 heterocycles. The molecule has 0 bridgehead atoms. The summed E-state index contributed by atoms with van der Waals surface area (Å²) in [6, 6.07) is 0. The van der Waals surface area contributed by atoms with Gasteiger partial charge in [0.15, 0.2) is 6.10 Å². The Labute approximate surface area is 419 Å². The summed E-state index contributed by atoms with van der Waals surface area (Å²) in [5.41, 5.74) is 0. The van der Waals surface area contributed by atoms with E-state index >= 15 is 0 Å². The van der Waals surface area contributed by atoms with Crippen molar-refractivity contribution in [2.75, 3.05) is 13.2 Å². The Morgan fingerprint density at radius 3 is 0.926 bits per heavy atom. The van der Waals surface area contributed by atoms with E-state index in [4.69, 9.17) is 14.2 Å². The molecule has 6 nitrogen and oxygen atoms in total. The molecule has 0 fully saturated rings. The van der Waals surface area contributed by atoms with Crippen molar-refractivity contribution in [2.45, 2.75) is 264 Å². The van der Waals surface area contributed by atoms with E-state index in [0.29, 0.717) is 19.3 Å². The maximum absolute atomic E-state index is 12.8. The second kappa shape index (κ2) is 55.9. The molecule has 0 aliphatic carbocycles. The van der Waals surface area contributed by atoms with Crippen LogP contribution < -0.4 is 0 Å². The van der Waals surface area contributed by atoms with Crippen LogP contribution in [-0.2, 0) is 28.6 Å². The lowest BCUT2D eigenvalue weighted by Crippen LogP contribution is -2.30. The Morgan fingerprint density at radius 2 is 0.574 bits per heavy atom. The third kappa shape index (κ3) is 53.3. The van der Waals surface area contributed by atoms with E-state index in [9.17, 15) is 14.4 Å². The van der Waals surface area contributed by atoms with E-state index in [1.807, 2.05) is 0 Å². The van der Waals surface area contributed by atoms with E-state index in [0.717, 1.165) is 122 Å². The van der Waals surface area contributed by atoms with Crippen molar-refractivity contribution < 1.29 is 28.6 Å². The van der Waals surface area contributed by atoms with E-state index < -0.39 is 6.10 Å². The van der Waals surface area contributed by atoms with Crippen LogP contribution in [-0.4, -0.2) is 37.2 Å². The summed E-state index contributed by atoms with van der Waals surface area (Å²) in [4.78, 5) is 38.0.